The minimum absolute atomic E-state index is 0.150. The Morgan fingerprint density at radius 1 is 1.64 bits per heavy atom. The molecule has 0 unspecified atom stereocenters. The molecule has 0 spiro atoms. The second-order valence-corrected chi connectivity index (χ2v) is 3.24. The summed E-state index contributed by atoms with van der Waals surface area (Å²) in [5, 5.41) is 0. The first kappa shape index (κ1) is 8.49. The largest absolute Gasteiger partial charge is 0.348 e. The number of nitrogens with zero attached hydrogens (tertiary/aromatic N) is 2. The molecule has 1 aliphatic rings. The lowest BCUT2D eigenvalue weighted by Crippen LogP contribution is -2.57. The normalized spacial score (nSPS) is 19.5. The lowest BCUT2D eigenvalue weighted by atomic mass is 10.1. The minimum atomic E-state index is 0.150. The number of carbonyl (C=O) groups excluding carboxylic acids is 1. The van der Waals surface area contributed by atoms with Crippen LogP contribution in [0.2, 0.25) is 0 Å². The van der Waals surface area contributed by atoms with E-state index in [-0.39, 0.29) is 11.9 Å². The van der Waals surface area contributed by atoms with E-state index in [1.165, 1.54) is 0 Å². The van der Waals surface area contributed by atoms with E-state index in [4.69, 9.17) is 5.73 Å². The second kappa shape index (κ2) is 3.19. The van der Waals surface area contributed by atoms with Gasteiger partial charge in [0.2, 0.25) is 5.91 Å². The third kappa shape index (κ3) is 2.17. The lowest BCUT2D eigenvalue weighted by Gasteiger charge is -2.36. The van der Waals surface area contributed by atoms with E-state index in [9.17, 15) is 4.79 Å². The Hall–Kier alpha value is -0.610. The molecular formula is C7H15N3O. The van der Waals surface area contributed by atoms with Gasteiger partial charge in [-0.1, -0.05) is 0 Å². The van der Waals surface area contributed by atoms with Gasteiger partial charge in [-0.25, -0.2) is 0 Å². The Bertz CT molecular complexity index is 152. The summed E-state index contributed by atoms with van der Waals surface area (Å²) in [5.74, 6) is 0.150. The highest BCUT2D eigenvalue weighted by Gasteiger charge is 2.24. The van der Waals surface area contributed by atoms with Crippen LogP contribution >= 0.6 is 0 Å². The molecule has 0 aromatic rings. The van der Waals surface area contributed by atoms with Gasteiger partial charge in [0, 0.05) is 33.2 Å². The van der Waals surface area contributed by atoms with Crippen molar-refractivity contribution in [3.05, 3.63) is 0 Å². The summed E-state index contributed by atoms with van der Waals surface area (Å²) in [6.07, 6.45) is 0. The fraction of sp³-hybridized carbons (Fsp3) is 0.857. The average molecular weight is 157 g/mol. The SMILES string of the molecule is CN(C)C(=O)CN1CC(N)C1. The zero-order chi connectivity index (χ0) is 8.43. The van der Waals surface area contributed by atoms with E-state index in [1.807, 2.05) is 4.90 Å². The Balaban J connectivity index is 2.17. The van der Waals surface area contributed by atoms with Gasteiger partial charge in [-0.05, 0) is 0 Å². The summed E-state index contributed by atoms with van der Waals surface area (Å²) in [5.41, 5.74) is 5.55. The van der Waals surface area contributed by atoms with Crippen molar-refractivity contribution >= 4 is 5.91 Å². The molecule has 0 saturated carbocycles. The molecular weight excluding hydrogens is 142 g/mol. The van der Waals surface area contributed by atoms with Gasteiger partial charge < -0.3 is 10.6 Å². The maximum absolute atomic E-state index is 11.1. The summed E-state index contributed by atoms with van der Waals surface area (Å²) in [6, 6.07) is 0.282. The molecule has 0 radical (unpaired) electrons. The van der Waals surface area contributed by atoms with Crippen molar-refractivity contribution in [1.29, 1.82) is 0 Å². The first-order valence-electron chi connectivity index (χ1n) is 3.77. The highest BCUT2D eigenvalue weighted by molar-refractivity contribution is 5.77. The molecule has 0 aromatic carbocycles. The molecule has 64 valence electrons. The molecule has 0 atom stereocenters. The highest BCUT2D eigenvalue weighted by atomic mass is 16.2. The van der Waals surface area contributed by atoms with Crippen LogP contribution in [-0.4, -0.2) is 55.5 Å². The minimum Gasteiger partial charge on any atom is -0.348 e. The van der Waals surface area contributed by atoms with Crippen molar-refractivity contribution in [1.82, 2.24) is 9.80 Å². The fourth-order valence-corrected chi connectivity index (χ4v) is 1.07. The van der Waals surface area contributed by atoms with Crippen LogP contribution in [0.5, 0.6) is 0 Å². The maximum Gasteiger partial charge on any atom is 0.236 e. The van der Waals surface area contributed by atoms with Crippen molar-refractivity contribution in [2.75, 3.05) is 33.7 Å². The van der Waals surface area contributed by atoms with Crippen LogP contribution in [0.1, 0.15) is 0 Å². The zero-order valence-electron chi connectivity index (χ0n) is 7.08. The molecule has 1 amide bonds. The predicted octanol–water partition coefficient (Wildman–Crippen LogP) is -1.28. The molecule has 1 aliphatic heterocycles. The molecule has 1 rings (SSSR count). The summed E-state index contributed by atoms with van der Waals surface area (Å²) < 4.78 is 0. The Morgan fingerprint density at radius 3 is 2.55 bits per heavy atom. The number of likely N-dealkylation sites (tertiary alicyclic amines) is 1. The first-order valence-corrected chi connectivity index (χ1v) is 3.77. The van der Waals surface area contributed by atoms with Crippen molar-refractivity contribution in [2.24, 2.45) is 5.73 Å². The van der Waals surface area contributed by atoms with Gasteiger partial charge in [0.25, 0.3) is 0 Å². The molecule has 11 heavy (non-hydrogen) atoms. The number of amides is 1. The molecule has 4 heteroatoms. The predicted molar refractivity (Wildman–Crippen MR) is 43.1 cm³/mol. The van der Waals surface area contributed by atoms with Crippen LogP contribution in [-0.2, 0) is 4.79 Å². The van der Waals surface area contributed by atoms with Gasteiger partial charge in [-0.3, -0.25) is 9.69 Å². The third-order valence-corrected chi connectivity index (χ3v) is 1.84. The van der Waals surface area contributed by atoms with Gasteiger partial charge in [-0.15, -0.1) is 0 Å². The van der Waals surface area contributed by atoms with Crippen LogP contribution in [0.4, 0.5) is 0 Å². The summed E-state index contributed by atoms with van der Waals surface area (Å²) >= 11 is 0. The molecule has 0 aliphatic carbocycles. The third-order valence-electron chi connectivity index (χ3n) is 1.84. The van der Waals surface area contributed by atoms with Gasteiger partial charge in [0.15, 0.2) is 0 Å². The van der Waals surface area contributed by atoms with E-state index in [0.29, 0.717) is 6.54 Å². The Labute approximate surface area is 66.9 Å². The van der Waals surface area contributed by atoms with Crippen molar-refractivity contribution in [3.63, 3.8) is 0 Å². The van der Waals surface area contributed by atoms with E-state index < -0.39 is 0 Å². The van der Waals surface area contributed by atoms with Gasteiger partial charge in [0.05, 0.1) is 6.54 Å². The van der Waals surface area contributed by atoms with Crippen molar-refractivity contribution in [3.8, 4) is 0 Å². The molecule has 0 aromatic heterocycles. The lowest BCUT2D eigenvalue weighted by molar-refractivity contribution is -0.130. The van der Waals surface area contributed by atoms with E-state index in [2.05, 4.69) is 0 Å². The Kier molecular flexibility index (Phi) is 2.46. The molecule has 0 bridgehead atoms. The van der Waals surface area contributed by atoms with Crippen LogP contribution in [0.25, 0.3) is 0 Å². The molecule has 4 nitrogen and oxygen atoms in total. The molecule has 2 N–H and O–H groups in total. The number of rotatable bonds is 2. The maximum atomic E-state index is 11.1. The number of likely N-dealkylation sites (N-methyl/N-ethyl adjacent to an activating group) is 1. The van der Waals surface area contributed by atoms with Gasteiger partial charge >= 0.3 is 0 Å². The number of hydrogen-bond donors (Lipinski definition) is 1. The van der Waals surface area contributed by atoms with Gasteiger partial charge in [0.1, 0.15) is 0 Å². The molecule has 1 heterocycles. The molecule has 1 fully saturated rings. The topological polar surface area (TPSA) is 49.6 Å². The smallest absolute Gasteiger partial charge is 0.236 e. The van der Waals surface area contributed by atoms with Crippen molar-refractivity contribution < 1.29 is 4.79 Å². The number of hydrogen-bond acceptors (Lipinski definition) is 3. The number of carbonyl (C=O) groups is 1. The second-order valence-electron chi connectivity index (χ2n) is 3.24. The average Bonchev–Trinajstić information content (AvgIpc) is 1.84. The molecule has 1 saturated heterocycles. The quantitative estimate of drug-likeness (QED) is 0.543. The van der Waals surface area contributed by atoms with Crippen LogP contribution < -0.4 is 5.73 Å². The monoisotopic (exact) mass is 157 g/mol. The van der Waals surface area contributed by atoms with E-state index in [0.717, 1.165) is 13.1 Å². The summed E-state index contributed by atoms with van der Waals surface area (Å²) in [4.78, 5) is 14.7. The van der Waals surface area contributed by atoms with Crippen LogP contribution in [0.15, 0.2) is 0 Å². The summed E-state index contributed by atoms with van der Waals surface area (Å²) in [6.45, 7) is 2.24. The van der Waals surface area contributed by atoms with Crippen LogP contribution in [0.3, 0.4) is 0 Å². The van der Waals surface area contributed by atoms with Gasteiger partial charge in [-0.2, -0.15) is 0 Å². The van der Waals surface area contributed by atoms with Crippen LogP contribution in [0, 0.1) is 0 Å². The summed E-state index contributed by atoms with van der Waals surface area (Å²) in [7, 11) is 3.53. The van der Waals surface area contributed by atoms with E-state index in [1.54, 1.807) is 19.0 Å². The van der Waals surface area contributed by atoms with E-state index >= 15 is 0 Å². The highest BCUT2D eigenvalue weighted by Crippen LogP contribution is 2.03. The zero-order valence-corrected chi connectivity index (χ0v) is 7.08. The standard InChI is InChI=1S/C7H15N3O/c1-9(2)7(11)5-10-3-6(8)4-10/h6H,3-5,8H2,1-2H3. The first-order chi connectivity index (χ1) is 5.09. The van der Waals surface area contributed by atoms with Crippen molar-refractivity contribution in [2.45, 2.75) is 6.04 Å². The number of nitrogens with two attached hydrogens (primary N) is 1. The fourth-order valence-electron chi connectivity index (χ4n) is 1.07. The Morgan fingerprint density at radius 2 is 2.18 bits per heavy atom.